The third-order valence-electron chi connectivity index (χ3n) is 3.78. The quantitative estimate of drug-likeness (QED) is 0.644. The molecule has 0 spiro atoms. The summed E-state index contributed by atoms with van der Waals surface area (Å²) in [6, 6.07) is 7.04. The van der Waals surface area contributed by atoms with Gasteiger partial charge in [-0.15, -0.1) is 11.8 Å². The van der Waals surface area contributed by atoms with Gasteiger partial charge in [0.05, 0.1) is 16.7 Å². The van der Waals surface area contributed by atoms with Gasteiger partial charge in [0.25, 0.3) is 5.91 Å². The number of nitrogens with zero attached hydrogens (tertiary/aromatic N) is 2. The zero-order valence-corrected chi connectivity index (χ0v) is 16.7. The summed E-state index contributed by atoms with van der Waals surface area (Å²) >= 11 is 4.82. The molecule has 2 aromatic heterocycles. The number of fused-ring (bicyclic) bond motifs is 1. The van der Waals surface area contributed by atoms with Crippen molar-refractivity contribution in [3.8, 4) is 0 Å². The summed E-state index contributed by atoms with van der Waals surface area (Å²) in [6.45, 7) is 4.16. The zero-order valence-electron chi connectivity index (χ0n) is 14.3. The van der Waals surface area contributed by atoms with Gasteiger partial charge >= 0.3 is 5.69 Å². The molecule has 0 unspecified atom stereocenters. The topological polar surface area (TPSA) is 69.2 Å². The average Bonchev–Trinajstić information content (AvgIpc) is 3.07. The summed E-state index contributed by atoms with van der Waals surface area (Å²) in [4.78, 5) is 25.5. The Kier molecular flexibility index (Phi) is 4.83. The fourth-order valence-electron chi connectivity index (χ4n) is 2.60. The fraction of sp³-hybridized carbons (Fsp3) is 0.294. The van der Waals surface area contributed by atoms with Gasteiger partial charge in [-0.2, -0.15) is 0 Å². The van der Waals surface area contributed by atoms with E-state index in [1.165, 1.54) is 0 Å². The number of carbonyl (C=O) groups excluding carboxylic acids is 1. The number of halogens is 1. The lowest BCUT2D eigenvalue weighted by molar-refractivity contribution is 0.0995. The number of hydrogen-bond acceptors (Lipinski definition) is 4. The molecule has 6 nitrogen and oxygen atoms in total. The molecule has 0 aliphatic heterocycles. The van der Waals surface area contributed by atoms with Gasteiger partial charge in [0, 0.05) is 24.2 Å². The van der Waals surface area contributed by atoms with E-state index in [0.29, 0.717) is 15.6 Å². The first-order chi connectivity index (χ1) is 11.8. The molecule has 25 heavy (non-hydrogen) atoms. The number of aryl methyl sites for hydroxylation is 2. The van der Waals surface area contributed by atoms with Crippen molar-refractivity contribution in [2.45, 2.75) is 24.0 Å². The summed E-state index contributed by atoms with van der Waals surface area (Å²) < 4.78 is 8.98. The second-order valence-corrected chi connectivity index (χ2v) is 8.36. The van der Waals surface area contributed by atoms with Crippen molar-refractivity contribution in [1.82, 2.24) is 9.13 Å². The standard InChI is InChI=1S/C17H18BrN3O3S/c1-9(2)25-14-8-12-11(20(3)17(23)21(12)4)7-10(14)19-16(22)13-5-6-15(18)24-13/h5-9H,1-4H3,(H,19,22). The smallest absolute Gasteiger partial charge is 0.328 e. The summed E-state index contributed by atoms with van der Waals surface area (Å²) in [5, 5.41) is 3.22. The van der Waals surface area contributed by atoms with Gasteiger partial charge in [-0.25, -0.2) is 4.79 Å². The molecule has 0 aliphatic carbocycles. The SMILES string of the molecule is CC(C)Sc1cc2c(cc1NC(=O)c1ccc(Br)o1)n(C)c(=O)n2C. The molecule has 0 aliphatic rings. The molecular weight excluding hydrogens is 406 g/mol. The molecule has 2 heterocycles. The van der Waals surface area contributed by atoms with Gasteiger partial charge in [-0.1, -0.05) is 13.8 Å². The Hall–Kier alpha value is -1.93. The van der Waals surface area contributed by atoms with Crippen molar-refractivity contribution < 1.29 is 9.21 Å². The predicted molar refractivity (Wildman–Crippen MR) is 104 cm³/mol. The number of benzene rings is 1. The van der Waals surface area contributed by atoms with E-state index in [0.717, 1.165) is 15.9 Å². The van der Waals surface area contributed by atoms with Gasteiger partial charge in [-0.3, -0.25) is 13.9 Å². The third-order valence-corrected chi connectivity index (χ3v) is 5.27. The number of carbonyl (C=O) groups is 1. The second-order valence-electron chi connectivity index (χ2n) is 5.96. The number of imidazole rings is 1. The third kappa shape index (κ3) is 3.41. The largest absolute Gasteiger partial charge is 0.444 e. The summed E-state index contributed by atoms with van der Waals surface area (Å²) in [5.74, 6) is -0.119. The van der Waals surface area contributed by atoms with Crippen LogP contribution in [0.2, 0.25) is 0 Å². The van der Waals surface area contributed by atoms with E-state index < -0.39 is 0 Å². The number of anilines is 1. The molecule has 132 valence electrons. The van der Waals surface area contributed by atoms with Gasteiger partial charge < -0.3 is 9.73 Å². The molecular formula is C17H18BrN3O3S. The van der Waals surface area contributed by atoms with Crippen molar-refractivity contribution >= 4 is 50.3 Å². The maximum absolute atomic E-state index is 12.4. The number of furan rings is 1. The van der Waals surface area contributed by atoms with Crippen LogP contribution in [0.5, 0.6) is 0 Å². The van der Waals surface area contributed by atoms with E-state index in [1.54, 1.807) is 47.1 Å². The molecule has 3 aromatic rings. The fourth-order valence-corrected chi connectivity index (χ4v) is 3.83. The van der Waals surface area contributed by atoms with Crippen molar-refractivity contribution in [1.29, 1.82) is 0 Å². The molecule has 0 fully saturated rings. The van der Waals surface area contributed by atoms with Crippen molar-refractivity contribution in [2.75, 3.05) is 5.32 Å². The number of thioether (sulfide) groups is 1. The van der Waals surface area contributed by atoms with Crippen LogP contribution < -0.4 is 11.0 Å². The van der Waals surface area contributed by atoms with E-state index in [1.807, 2.05) is 12.1 Å². The van der Waals surface area contributed by atoms with Crippen LogP contribution in [0.25, 0.3) is 11.0 Å². The normalized spacial score (nSPS) is 11.4. The van der Waals surface area contributed by atoms with Crippen LogP contribution in [-0.4, -0.2) is 20.3 Å². The van der Waals surface area contributed by atoms with Crippen LogP contribution >= 0.6 is 27.7 Å². The van der Waals surface area contributed by atoms with E-state index in [-0.39, 0.29) is 17.4 Å². The molecule has 1 amide bonds. The second kappa shape index (κ2) is 6.76. The van der Waals surface area contributed by atoms with Gasteiger partial charge in [0.15, 0.2) is 10.4 Å². The van der Waals surface area contributed by atoms with Crippen LogP contribution in [0.1, 0.15) is 24.4 Å². The first-order valence-corrected chi connectivity index (χ1v) is 9.38. The molecule has 0 saturated carbocycles. The highest BCUT2D eigenvalue weighted by molar-refractivity contribution is 9.10. The number of nitrogens with one attached hydrogen (secondary N) is 1. The predicted octanol–water partition coefficient (Wildman–Crippen LogP) is 3.99. The molecule has 1 N–H and O–H groups in total. The van der Waals surface area contributed by atoms with E-state index in [2.05, 4.69) is 35.1 Å². The Labute approximate surface area is 157 Å². The summed E-state index contributed by atoms with van der Waals surface area (Å²) in [5.41, 5.74) is 2.14. The Balaban J connectivity index is 2.09. The first kappa shape index (κ1) is 17.9. The Morgan fingerprint density at radius 3 is 2.40 bits per heavy atom. The summed E-state index contributed by atoms with van der Waals surface area (Å²) in [6.07, 6.45) is 0. The maximum Gasteiger partial charge on any atom is 0.328 e. The minimum atomic E-state index is -0.336. The van der Waals surface area contributed by atoms with Crippen molar-refractivity contribution in [3.63, 3.8) is 0 Å². The highest BCUT2D eigenvalue weighted by Gasteiger charge is 2.17. The number of rotatable bonds is 4. The minimum Gasteiger partial charge on any atom is -0.444 e. The van der Waals surface area contributed by atoms with Crippen molar-refractivity contribution in [2.24, 2.45) is 14.1 Å². The Morgan fingerprint density at radius 2 is 1.84 bits per heavy atom. The van der Waals surface area contributed by atoms with Gasteiger partial charge in [-0.05, 0) is 40.2 Å². The first-order valence-electron chi connectivity index (χ1n) is 7.70. The van der Waals surface area contributed by atoms with Crippen molar-refractivity contribution in [3.05, 3.63) is 45.2 Å². The lowest BCUT2D eigenvalue weighted by Crippen LogP contribution is -2.19. The number of aromatic nitrogens is 2. The number of hydrogen-bond donors (Lipinski definition) is 1. The van der Waals surface area contributed by atoms with Crippen LogP contribution in [0.15, 0.2) is 43.0 Å². The molecule has 0 radical (unpaired) electrons. The molecule has 8 heteroatoms. The van der Waals surface area contributed by atoms with E-state index in [9.17, 15) is 9.59 Å². The summed E-state index contributed by atoms with van der Waals surface area (Å²) in [7, 11) is 3.46. The van der Waals surface area contributed by atoms with Crippen LogP contribution in [0.4, 0.5) is 5.69 Å². The molecule has 0 saturated heterocycles. The Bertz CT molecular complexity index is 1020. The van der Waals surface area contributed by atoms with Crippen LogP contribution in [0, 0.1) is 0 Å². The average molecular weight is 424 g/mol. The van der Waals surface area contributed by atoms with Gasteiger partial charge in [0.1, 0.15) is 0 Å². The Morgan fingerprint density at radius 1 is 1.20 bits per heavy atom. The lowest BCUT2D eigenvalue weighted by Gasteiger charge is -2.13. The van der Waals surface area contributed by atoms with Crippen LogP contribution in [-0.2, 0) is 14.1 Å². The monoisotopic (exact) mass is 423 g/mol. The van der Waals surface area contributed by atoms with E-state index in [4.69, 9.17) is 4.42 Å². The maximum atomic E-state index is 12.4. The van der Waals surface area contributed by atoms with Gasteiger partial charge in [0.2, 0.25) is 0 Å². The molecule has 1 aromatic carbocycles. The van der Waals surface area contributed by atoms with Crippen LogP contribution in [0.3, 0.4) is 0 Å². The number of amides is 1. The lowest BCUT2D eigenvalue weighted by atomic mass is 10.2. The highest BCUT2D eigenvalue weighted by atomic mass is 79.9. The minimum absolute atomic E-state index is 0.103. The molecule has 0 atom stereocenters. The molecule has 3 rings (SSSR count). The zero-order chi connectivity index (χ0) is 18.3. The highest BCUT2D eigenvalue weighted by Crippen LogP contribution is 2.34. The van der Waals surface area contributed by atoms with E-state index >= 15 is 0 Å². The molecule has 0 bridgehead atoms.